The van der Waals surface area contributed by atoms with Gasteiger partial charge < -0.3 is 9.63 Å². The van der Waals surface area contributed by atoms with E-state index in [1.807, 2.05) is 23.5 Å². The third-order valence-corrected chi connectivity index (χ3v) is 6.03. The largest absolute Gasteiger partial charge is 0.506 e. The minimum Gasteiger partial charge on any atom is -0.506 e. The fourth-order valence-corrected chi connectivity index (χ4v) is 4.85. The summed E-state index contributed by atoms with van der Waals surface area (Å²) < 4.78 is 5.21. The molecule has 0 spiro atoms. The van der Waals surface area contributed by atoms with E-state index in [9.17, 15) is 5.11 Å². The van der Waals surface area contributed by atoms with Crippen molar-refractivity contribution < 1.29 is 9.63 Å². The van der Waals surface area contributed by atoms with Crippen LogP contribution in [-0.2, 0) is 0 Å². The van der Waals surface area contributed by atoms with Gasteiger partial charge in [-0.3, -0.25) is 0 Å². The van der Waals surface area contributed by atoms with E-state index in [0.717, 1.165) is 17.3 Å². The maximum atomic E-state index is 9.60. The zero-order valence-electron chi connectivity index (χ0n) is 8.83. The number of hydrogen-bond donors (Lipinski definition) is 1. The van der Waals surface area contributed by atoms with Crippen molar-refractivity contribution >= 4 is 34.9 Å². The minimum atomic E-state index is 0.205. The summed E-state index contributed by atoms with van der Waals surface area (Å²) in [4.78, 5) is 5.03. The van der Waals surface area contributed by atoms with E-state index in [0.29, 0.717) is 16.0 Å². The van der Waals surface area contributed by atoms with Crippen LogP contribution in [0.2, 0.25) is 0 Å². The van der Waals surface area contributed by atoms with Gasteiger partial charge in [0.1, 0.15) is 10.6 Å². The minimum absolute atomic E-state index is 0.205. The van der Waals surface area contributed by atoms with E-state index in [4.69, 9.17) is 4.52 Å². The Balaban J connectivity index is 1.85. The van der Waals surface area contributed by atoms with E-state index in [2.05, 4.69) is 10.1 Å². The van der Waals surface area contributed by atoms with Crippen molar-refractivity contribution in [2.24, 2.45) is 0 Å². The quantitative estimate of drug-likeness (QED) is 0.915. The highest BCUT2D eigenvalue weighted by molar-refractivity contribution is 8.06. The lowest BCUT2D eigenvalue weighted by Crippen LogP contribution is -2.07. The number of aromatic nitrogens is 2. The van der Waals surface area contributed by atoms with Crippen LogP contribution < -0.4 is 0 Å². The van der Waals surface area contributed by atoms with Crippen molar-refractivity contribution in [2.45, 2.75) is 5.25 Å². The lowest BCUT2D eigenvalue weighted by molar-refractivity contribution is 0.419. The van der Waals surface area contributed by atoms with Gasteiger partial charge in [0.25, 0.3) is 5.89 Å². The molecule has 0 aromatic carbocycles. The molecule has 90 valence electrons. The molecular formula is C10H10N2O2S3. The van der Waals surface area contributed by atoms with Gasteiger partial charge in [0.05, 0.1) is 5.25 Å². The summed E-state index contributed by atoms with van der Waals surface area (Å²) >= 11 is 5.19. The van der Waals surface area contributed by atoms with Gasteiger partial charge in [-0.05, 0) is 11.4 Å². The molecule has 3 rings (SSSR count). The lowest BCUT2D eigenvalue weighted by atomic mass is 10.4. The van der Waals surface area contributed by atoms with Gasteiger partial charge in [-0.1, -0.05) is 5.16 Å². The predicted octanol–water partition coefficient (Wildman–Crippen LogP) is 3.02. The molecule has 0 amide bonds. The number of thiophene rings is 1. The van der Waals surface area contributed by atoms with Gasteiger partial charge in [-0.25, -0.2) is 0 Å². The Morgan fingerprint density at radius 3 is 3.06 bits per heavy atom. The standard InChI is InChI=1S/C10H10N2O2S3/c13-6-1-2-17-8(6)10-11-9(12-14-10)7-5-15-3-4-16-7/h1-2,7,13H,3-5H2. The molecule has 7 heteroatoms. The van der Waals surface area contributed by atoms with E-state index in [1.54, 1.807) is 11.4 Å². The number of thioether (sulfide) groups is 2. The first-order valence-corrected chi connectivity index (χ1v) is 8.22. The molecule has 1 saturated heterocycles. The molecule has 0 saturated carbocycles. The van der Waals surface area contributed by atoms with Crippen LogP contribution in [0.3, 0.4) is 0 Å². The van der Waals surface area contributed by atoms with Gasteiger partial charge in [0.2, 0.25) is 0 Å². The van der Waals surface area contributed by atoms with E-state index >= 15 is 0 Å². The molecular weight excluding hydrogens is 276 g/mol. The average molecular weight is 286 g/mol. The highest BCUT2D eigenvalue weighted by Crippen LogP contribution is 2.38. The first-order chi connectivity index (χ1) is 8.34. The van der Waals surface area contributed by atoms with Crippen molar-refractivity contribution in [2.75, 3.05) is 17.3 Å². The SMILES string of the molecule is Oc1ccsc1-c1nc(C2CSCCS2)no1. The van der Waals surface area contributed by atoms with Gasteiger partial charge >= 0.3 is 0 Å². The van der Waals surface area contributed by atoms with Crippen LogP contribution in [-0.4, -0.2) is 32.5 Å². The van der Waals surface area contributed by atoms with Crippen molar-refractivity contribution in [3.05, 3.63) is 17.3 Å². The Labute approximate surface area is 111 Å². The van der Waals surface area contributed by atoms with Crippen molar-refractivity contribution in [3.8, 4) is 16.5 Å². The normalized spacial score (nSPS) is 20.6. The summed E-state index contributed by atoms with van der Waals surface area (Å²) in [5.74, 6) is 4.71. The van der Waals surface area contributed by atoms with E-state index in [-0.39, 0.29) is 5.75 Å². The van der Waals surface area contributed by atoms with Crippen LogP contribution in [0, 0.1) is 0 Å². The summed E-state index contributed by atoms with van der Waals surface area (Å²) in [5.41, 5.74) is 0. The van der Waals surface area contributed by atoms with Crippen LogP contribution in [0.25, 0.3) is 10.8 Å². The van der Waals surface area contributed by atoms with E-state index < -0.39 is 0 Å². The lowest BCUT2D eigenvalue weighted by Gasteiger charge is -2.16. The summed E-state index contributed by atoms with van der Waals surface area (Å²) in [6.45, 7) is 0. The smallest absolute Gasteiger partial charge is 0.271 e. The van der Waals surface area contributed by atoms with Crippen molar-refractivity contribution in [3.63, 3.8) is 0 Å². The molecule has 0 bridgehead atoms. The van der Waals surface area contributed by atoms with Crippen LogP contribution in [0.5, 0.6) is 5.75 Å². The van der Waals surface area contributed by atoms with Crippen LogP contribution in [0.15, 0.2) is 16.0 Å². The summed E-state index contributed by atoms with van der Waals surface area (Å²) in [6, 6.07) is 1.63. The van der Waals surface area contributed by atoms with Gasteiger partial charge in [0, 0.05) is 17.3 Å². The highest BCUT2D eigenvalue weighted by Gasteiger charge is 2.23. The number of hydrogen-bond acceptors (Lipinski definition) is 7. The molecule has 1 aliphatic heterocycles. The molecule has 3 heterocycles. The Hall–Kier alpha value is -0.660. The molecule has 0 radical (unpaired) electrons. The predicted molar refractivity (Wildman–Crippen MR) is 71.8 cm³/mol. The highest BCUT2D eigenvalue weighted by atomic mass is 32.2. The molecule has 1 N–H and O–H groups in total. The first kappa shape index (κ1) is 11.4. The Morgan fingerprint density at radius 2 is 2.35 bits per heavy atom. The molecule has 1 aliphatic rings. The fourth-order valence-electron chi connectivity index (χ4n) is 1.56. The van der Waals surface area contributed by atoms with Gasteiger partial charge in [0.15, 0.2) is 5.82 Å². The van der Waals surface area contributed by atoms with E-state index in [1.165, 1.54) is 17.1 Å². The molecule has 1 fully saturated rings. The van der Waals surface area contributed by atoms with Crippen LogP contribution >= 0.6 is 34.9 Å². The molecule has 17 heavy (non-hydrogen) atoms. The Kier molecular flexibility index (Phi) is 3.30. The summed E-state index contributed by atoms with van der Waals surface area (Å²) in [5, 5.41) is 15.7. The fraction of sp³-hybridized carbons (Fsp3) is 0.400. The van der Waals surface area contributed by atoms with Gasteiger partial charge in [-0.15, -0.1) is 23.1 Å². The van der Waals surface area contributed by atoms with Crippen molar-refractivity contribution in [1.29, 1.82) is 0 Å². The number of aromatic hydroxyl groups is 1. The zero-order chi connectivity index (χ0) is 11.7. The van der Waals surface area contributed by atoms with Crippen molar-refractivity contribution in [1.82, 2.24) is 10.1 Å². The zero-order valence-corrected chi connectivity index (χ0v) is 11.3. The summed E-state index contributed by atoms with van der Waals surface area (Å²) in [6.07, 6.45) is 0. The van der Waals surface area contributed by atoms with Crippen LogP contribution in [0.1, 0.15) is 11.1 Å². The Morgan fingerprint density at radius 1 is 1.41 bits per heavy atom. The maximum Gasteiger partial charge on any atom is 0.271 e. The molecule has 2 aromatic heterocycles. The monoisotopic (exact) mass is 286 g/mol. The summed E-state index contributed by atoms with van der Waals surface area (Å²) in [7, 11) is 0. The van der Waals surface area contributed by atoms with Crippen LogP contribution in [0.4, 0.5) is 0 Å². The topological polar surface area (TPSA) is 59.2 Å². The maximum absolute atomic E-state index is 9.60. The molecule has 4 nitrogen and oxygen atoms in total. The second-order valence-corrected chi connectivity index (χ2v) is 6.90. The van der Waals surface area contributed by atoms with Gasteiger partial charge in [-0.2, -0.15) is 16.7 Å². The number of rotatable bonds is 2. The molecule has 2 aromatic rings. The average Bonchev–Trinajstić information content (AvgIpc) is 2.98. The molecule has 0 aliphatic carbocycles. The Bertz CT molecular complexity index is 505. The first-order valence-electron chi connectivity index (χ1n) is 5.14. The third kappa shape index (κ3) is 2.31. The molecule has 1 unspecified atom stereocenters. The third-order valence-electron chi connectivity index (χ3n) is 2.38. The second kappa shape index (κ2) is 4.91. The second-order valence-electron chi connectivity index (χ2n) is 3.53. The number of nitrogens with zero attached hydrogens (tertiary/aromatic N) is 2. The molecule has 1 atom stereocenters.